The van der Waals surface area contributed by atoms with E-state index < -0.39 is 5.97 Å². The predicted molar refractivity (Wildman–Crippen MR) is 74.7 cm³/mol. The number of carbonyl (C=O) groups is 1. The van der Waals surface area contributed by atoms with Gasteiger partial charge in [-0.2, -0.15) is 5.10 Å². The number of methoxy groups -OCH3 is 1. The molecule has 0 aromatic carbocycles. The highest BCUT2D eigenvalue weighted by atomic mass is 16.5. The topological polar surface area (TPSA) is 76.4 Å². The number of aromatic nitrogens is 2. The second-order valence-corrected chi connectivity index (χ2v) is 5.48. The molecule has 2 atom stereocenters. The summed E-state index contributed by atoms with van der Waals surface area (Å²) >= 11 is 0. The largest absolute Gasteiger partial charge is 0.481 e. The average Bonchev–Trinajstić information content (AvgIpc) is 2.70. The Bertz CT molecular complexity index is 484. The first kappa shape index (κ1) is 14.8. The summed E-state index contributed by atoms with van der Waals surface area (Å²) in [5, 5.41) is 16.9. The van der Waals surface area contributed by atoms with Gasteiger partial charge in [0.2, 0.25) is 5.88 Å². The van der Waals surface area contributed by atoms with Gasteiger partial charge in [-0.1, -0.05) is 6.42 Å². The molecule has 0 amide bonds. The maximum absolute atomic E-state index is 11.1. The minimum atomic E-state index is -0.674. The van der Waals surface area contributed by atoms with Crippen molar-refractivity contribution in [2.45, 2.75) is 45.2 Å². The zero-order chi connectivity index (χ0) is 14.7. The lowest BCUT2D eigenvalue weighted by atomic mass is 9.86. The van der Waals surface area contributed by atoms with Crippen LogP contribution in [0.4, 0.5) is 0 Å². The molecule has 1 saturated carbocycles. The van der Waals surface area contributed by atoms with E-state index in [1.807, 2.05) is 14.0 Å². The number of aliphatic carboxylic acids is 1. The Balaban J connectivity index is 1.97. The van der Waals surface area contributed by atoms with Crippen LogP contribution in [0.15, 0.2) is 0 Å². The number of nitrogens with zero attached hydrogens (tertiary/aromatic N) is 2. The summed E-state index contributed by atoms with van der Waals surface area (Å²) in [5.41, 5.74) is 2.00. The third-order valence-electron chi connectivity index (χ3n) is 4.07. The number of carboxylic acids is 1. The van der Waals surface area contributed by atoms with E-state index in [2.05, 4.69) is 10.4 Å². The van der Waals surface area contributed by atoms with E-state index in [0.717, 1.165) is 36.4 Å². The molecular formula is C14H23N3O3. The van der Waals surface area contributed by atoms with E-state index in [-0.39, 0.29) is 12.0 Å². The van der Waals surface area contributed by atoms with Gasteiger partial charge in [-0.15, -0.1) is 0 Å². The summed E-state index contributed by atoms with van der Waals surface area (Å²) < 4.78 is 7.09. The van der Waals surface area contributed by atoms with E-state index in [0.29, 0.717) is 13.0 Å². The van der Waals surface area contributed by atoms with Gasteiger partial charge in [0.25, 0.3) is 0 Å². The van der Waals surface area contributed by atoms with Crippen molar-refractivity contribution in [1.82, 2.24) is 15.1 Å². The molecule has 6 heteroatoms. The summed E-state index contributed by atoms with van der Waals surface area (Å²) in [6.07, 6.45) is 3.50. The third-order valence-corrected chi connectivity index (χ3v) is 4.07. The SMILES string of the molecule is COc1c(CNC2CCCC(C(=O)O)C2)c(C)nn1C. The Labute approximate surface area is 119 Å². The van der Waals surface area contributed by atoms with Crippen molar-refractivity contribution in [2.75, 3.05) is 7.11 Å². The molecule has 2 rings (SSSR count). The highest BCUT2D eigenvalue weighted by Gasteiger charge is 2.27. The summed E-state index contributed by atoms with van der Waals surface area (Å²) in [4.78, 5) is 11.1. The molecule has 0 saturated heterocycles. The Kier molecular flexibility index (Phi) is 4.65. The molecule has 20 heavy (non-hydrogen) atoms. The zero-order valence-electron chi connectivity index (χ0n) is 12.3. The molecular weight excluding hydrogens is 258 g/mol. The van der Waals surface area contributed by atoms with Gasteiger partial charge < -0.3 is 15.2 Å². The normalized spacial score (nSPS) is 22.8. The van der Waals surface area contributed by atoms with Crippen LogP contribution in [0, 0.1) is 12.8 Å². The lowest BCUT2D eigenvalue weighted by molar-refractivity contribution is -0.143. The van der Waals surface area contributed by atoms with E-state index in [1.165, 1.54) is 0 Å². The Morgan fingerprint density at radius 2 is 2.30 bits per heavy atom. The number of ether oxygens (including phenoxy) is 1. The van der Waals surface area contributed by atoms with Crippen molar-refractivity contribution in [3.63, 3.8) is 0 Å². The molecule has 0 bridgehead atoms. The molecule has 112 valence electrons. The molecule has 0 aliphatic heterocycles. The highest BCUT2D eigenvalue weighted by Crippen LogP contribution is 2.26. The van der Waals surface area contributed by atoms with Crippen LogP contribution in [0.2, 0.25) is 0 Å². The van der Waals surface area contributed by atoms with E-state index >= 15 is 0 Å². The molecule has 1 heterocycles. The minimum absolute atomic E-state index is 0.210. The number of hydrogen-bond acceptors (Lipinski definition) is 4. The number of nitrogens with one attached hydrogen (secondary N) is 1. The maximum Gasteiger partial charge on any atom is 0.306 e. The second kappa shape index (κ2) is 6.26. The standard InChI is InChI=1S/C14H23N3O3/c1-9-12(13(20-3)17(2)16-9)8-15-11-6-4-5-10(7-11)14(18)19/h10-11,15H,4-8H2,1-3H3,(H,18,19). The van der Waals surface area contributed by atoms with Gasteiger partial charge in [-0.3, -0.25) is 4.79 Å². The molecule has 1 aliphatic carbocycles. The van der Waals surface area contributed by atoms with E-state index in [9.17, 15) is 4.79 Å². The molecule has 1 aliphatic rings. The van der Waals surface area contributed by atoms with Crippen molar-refractivity contribution >= 4 is 5.97 Å². The lowest BCUT2D eigenvalue weighted by Gasteiger charge is -2.27. The second-order valence-electron chi connectivity index (χ2n) is 5.48. The number of carboxylic acid groups (broad SMARTS) is 1. The fourth-order valence-corrected chi connectivity index (χ4v) is 2.99. The quantitative estimate of drug-likeness (QED) is 0.854. The molecule has 1 aromatic rings. The first-order valence-corrected chi connectivity index (χ1v) is 7.05. The fraction of sp³-hybridized carbons (Fsp3) is 0.714. The maximum atomic E-state index is 11.1. The summed E-state index contributed by atoms with van der Waals surface area (Å²) in [5.74, 6) is -0.120. The summed E-state index contributed by atoms with van der Waals surface area (Å²) in [6.45, 7) is 2.63. The molecule has 2 N–H and O–H groups in total. The summed E-state index contributed by atoms with van der Waals surface area (Å²) in [6, 6.07) is 0.258. The van der Waals surface area contributed by atoms with Crippen LogP contribution in [-0.2, 0) is 18.4 Å². The lowest BCUT2D eigenvalue weighted by Crippen LogP contribution is -2.36. The van der Waals surface area contributed by atoms with Crippen molar-refractivity contribution in [1.29, 1.82) is 0 Å². The predicted octanol–water partition coefficient (Wildman–Crippen LogP) is 1.47. The third kappa shape index (κ3) is 3.12. The smallest absolute Gasteiger partial charge is 0.306 e. The van der Waals surface area contributed by atoms with Crippen molar-refractivity contribution in [3.8, 4) is 5.88 Å². The van der Waals surface area contributed by atoms with Crippen LogP contribution in [0.1, 0.15) is 36.9 Å². The number of hydrogen-bond donors (Lipinski definition) is 2. The minimum Gasteiger partial charge on any atom is -0.481 e. The number of aryl methyl sites for hydroxylation is 2. The van der Waals surface area contributed by atoms with Crippen LogP contribution in [0.5, 0.6) is 5.88 Å². The highest BCUT2D eigenvalue weighted by molar-refractivity contribution is 5.70. The van der Waals surface area contributed by atoms with E-state index in [1.54, 1.807) is 11.8 Å². The van der Waals surface area contributed by atoms with Crippen LogP contribution < -0.4 is 10.1 Å². The molecule has 0 radical (unpaired) electrons. The number of rotatable bonds is 5. The first-order valence-electron chi connectivity index (χ1n) is 7.05. The Morgan fingerprint density at radius 1 is 1.55 bits per heavy atom. The van der Waals surface area contributed by atoms with Gasteiger partial charge in [-0.05, 0) is 26.2 Å². The molecule has 2 unspecified atom stereocenters. The Morgan fingerprint density at radius 3 is 2.95 bits per heavy atom. The molecule has 1 aromatic heterocycles. The van der Waals surface area contributed by atoms with Crippen molar-refractivity contribution in [3.05, 3.63) is 11.3 Å². The van der Waals surface area contributed by atoms with Gasteiger partial charge in [0, 0.05) is 19.6 Å². The van der Waals surface area contributed by atoms with E-state index in [4.69, 9.17) is 9.84 Å². The first-order chi connectivity index (χ1) is 9.52. The average molecular weight is 281 g/mol. The fourth-order valence-electron chi connectivity index (χ4n) is 2.99. The zero-order valence-corrected chi connectivity index (χ0v) is 12.3. The van der Waals surface area contributed by atoms with Crippen LogP contribution in [-0.4, -0.2) is 34.0 Å². The monoisotopic (exact) mass is 281 g/mol. The molecule has 1 fully saturated rings. The van der Waals surface area contributed by atoms with Crippen molar-refractivity contribution < 1.29 is 14.6 Å². The van der Waals surface area contributed by atoms with Gasteiger partial charge in [0.15, 0.2) is 0 Å². The van der Waals surface area contributed by atoms with Gasteiger partial charge >= 0.3 is 5.97 Å². The van der Waals surface area contributed by atoms with Gasteiger partial charge in [-0.25, -0.2) is 4.68 Å². The van der Waals surface area contributed by atoms with Crippen LogP contribution in [0.3, 0.4) is 0 Å². The van der Waals surface area contributed by atoms with Gasteiger partial charge in [0.1, 0.15) is 0 Å². The summed E-state index contributed by atoms with van der Waals surface area (Å²) in [7, 11) is 3.50. The Hall–Kier alpha value is -1.56. The van der Waals surface area contributed by atoms with Crippen LogP contribution >= 0.6 is 0 Å². The van der Waals surface area contributed by atoms with Crippen molar-refractivity contribution in [2.24, 2.45) is 13.0 Å². The van der Waals surface area contributed by atoms with Crippen LogP contribution in [0.25, 0.3) is 0 Å². The molecule has 0 spiro atoms. The van der Waals surface area contributed by atoms with Gasteiger partial charge in [0.05, 0.1) is 24.3 Å². The molecule has 6 nitrogen and oxygen atoms in total.